The average molecular weight is 288 g/mol. The van der Waals surface area contributed by atoms with Crippen LogP contribution in [0.1, 0.15) is 12.5 Å². The number of sulfonamides is 1. The van der Waals surface area contributed by atoms with Gasteiger partial charge in [-0.1, -0.05) is 6.07 Å². The second-order valence-corrected chi connectivity index (χ2v) is 7.23. The van der Waals surface area contributed by atoms with Gasteiger partial charge >= 0.3 is 0 Å². The van der Waals surface area contributed by atoms with Gasteiger partial charge in [0.25, 0.3) is 0 Å². The summed E-state index contributed by atoms with van der Waals surface area (Å²) in [4.78, 5) is 0.290. The van der Waals surface area contributed by atoms with Crippen molar-refractivity contribution >= 4 is 27.5 Å². The number of nitrogens with two attached hydrogens (primary N) is 1. The van der Waals surface area contributed by atoms with Crippen molar-refractivity contribution in [3.8, 4) is 0 Å². The molecule has 0 saturated carbocycles. The molecule has 1 rings (SSSR count). The maximum Gasteiger partial charge on any atom is 0.243 e. The Kier molecular flexibility index (Phi) is 5.07. The summed E-state index contributed by atoms with van der Waals surface area (Å²) in [7, 11) is -1.86. The molecule has 0 bridgehead atoms. The molecule has 0 spiro atoms. The van der Waals surface area contributed by atoms with Crippen molar-refractivity contribution in [1.82, 2.24) is 4.31 Å². The van der Waals surface area contributed by atoms with Crippen molar-refractivity contribution in [3.63, 3.8) is 0 Å². The van der Waals surface area contributed by atoms with Gasteiger partial charge in [-0.05, 0) is 37.8 Å². The molecule has 0 heterocycles. The number of hydrogen-bond donors (Lipinski definition) is 1. The normalized spacial score (nSPS) is 13.8. The Morgan fingerprint density at radius 2 is 2.06 bits per heavy atom. The van der Waals surface area contributed by atoms with Gasteiger partial charge in [0.2, 0.25) is 10.0 Å². The Morgan fingerprint density at radius 3 is 2.61 bits per heavy atom. The van der Waals surface area contributed by atoms with Gasteiger partial charge in [-0.15, -0.1) is 0 Å². The predicted molar refractivity (Wildman–Crippen MR) is 78.4 cm³/mol. The Labute approximate surface area is 114 Å². The number of hydrogen-bond acceptors (Lipinski definition) is 4. The minimum Gasteiger partial charge on any atom is -0.399 e. The van der Waals surface area contributed by atoms with E-state index in [1.165, 1.54) is 10.4 Å². The van der Waals surface area contributed by atoms with Crippen LogP contribution in [0, 0.1) is 6.92 Å². The predicted octanol–water partition coefficient (Wildman–Crippen LogP) is 1.95. The molecule has 1 unspecified atom stereocenters. The quantitative estimate of drug-likeness (QED) is 0.841. The topological polar surface area (TPSA) is 63.4 Å². The maximum absolute atomic E-state index is 12.5. The van der Waals surface area contributed by atoms with E-state index in [1.54, 1.807) is 37.9 Å². The van der Waals surface area contributed by atoms with E-state index in [1.807, 2.05) is 13.2 Å². The highest BCUT2D eigenvalue weighted by atomic mass is 32.2. The lowest BCUT2D eigenvalue weighted by Crippen LogP contribution is -2.36. The molecule has 0 amide bonds. The van der Waals surface area contributed by atoms with Crippen LogP contribution in [0.5, 0.6) is 0 Å². The molecule has 1 aromatic rings. The molecule has 0 saturated heterocycles. The van der Waals surface area contributed by atoms with Crippen LogP contribution in [0.3, 0.4) is 0 Å². The largest absolute Gasteiger partial charge is 0.399 e. The second-order valence-electron chi connectivity index (χ2n) is 4.35. The van der Waals surface area contributed by atoms with Crippen LogP contribution in [0.15, 0.2) is 23.1 Å². The molecular formula is C12H20N2O2S2. The molecule has 18 heavy (non-hydrogen) atoms. The van der Waals surface area contributed by atoms with Crippen LogP contribution < -0.4 is 5.73 Å². The third kappa shape index (κ3) is 3.18. The van der Waals surface area contributed by atoms with Crippen molar-refractivity contribution < 1.29 is 8.42 Å². The molecule has 2 N–H and O–H groups in total. The molecule has 0 fully saturated rings. The lowest BCUT2D eigenvalue weighted by atomic mass is 10.2. The van der Waals surface area contributed by atoms with E-state index in [0.717, 1.165) is 5.75 Å². The van der Waals surface area contributed by atoms with Crippen LogP contribution in [-0.4, -0.2) is 37.8 Å². The third-order valence-electron chi connectivity index (χ3n) is 2.90. The summed E-state index contributed by atoms with van der Waals surface area (Å²) >= 11 is 1.63. The van der Waals surface area contributed by atoms with Gasteiger partial charge in [0.05, 0.1) is 4.90 Å². The number of rotatable bonds is 5. The summed E-state index contributed by atoms with van der Waals surface area (Å²) in [5, 5.41) is 0. The summed E-state index contributed by atoms with van der Waals surface area (Å²) in [6, 6.07) is 4.91. The van der Waals surface area contributed by atoms with E-state index in [0.29, 0.717) is 11.3 Å². The summed E-state index contributed by atoms with van der Waals surface area (Å²) in [6.07, 6.45) is 1.96. The van der Waals surface area contributed by atoms with Gasteiger partial charge in [-0.2, -0.15) is 16.1 Å². The minimum absolute atomic E-state index is 0.0502. The van der Waals surface area contributed by atoms with Gasteiger partial charge in [0.15, 0.2) is 0 Å². The highest BCUT2D eigenvalue weighted by Crippen LogP contribution is 2.23. The first-order valence-electron chi connectivity index (χ1n) is 5.63. The molecule has 4 nitrogen and oxygen atoms in total. The summed E-state index contributed by atoms with van der Waals surface area (Å²) in [5.41, 5.74) is 6.85. The molecule has 1 aromatic carbocycles. The summed E-state index contributed by atoms with van der Waals surface area (Å²) < 4.78 is 26.4. The fourth-order valence-corrected chi connectivity index (χ4v) is 4.05. The van der Waals surface area contributed by atoms with E-state index < -0.39 is 10.0 Å². The Bertz CT molecular complexity index is 515. The second kappa shape index (κ2) is 5.95. The summed E-state index contributed by atoms with van der Waals surface area (Å²) in [5.74, 6) is 0.761. The monoisotopic (exact) mass is 288 g/mol. The molecule has 0 aliphatic heterocycles. The van der Waals surface area contributed by atoms with Crippen molar-refractivity contribution in [3.05, 3.63) is 23.8 Å². The van der Waals surface area contributed by atoms with Crippen molar-refractivity contribution in [2.24, 2.45) is 0 Å². The van der Waals surface area contributed by atoms with Crippen LogP contribution in [0.2, 0.25) is 0 Å². The number of anilines is 1. The molecule has 0 aromatic heterocycles. The number of aryl methyl sites for hydroxylation is 1. The smallest absolute Gasteiger partial charge is 0.243 e. The first-order chi connectivity index (χ1) is 8.30. The molecule has 1 atom stereocenters. The zero-order valence-electron chi connectivity index (χ0n) is 11.2. The van der Waals surface area contributed by atoms with Crippen molar-refractivity contribution in [2.45, 2.75) is 24.8 Å². The molecule has 0 radical (unpaired) electrons. The van der Waals surface area contributed by atoms with E-state index >= 15 is 0 Å². The van der Waals surface area contributed by atoms with E-state index in [-0.39, 0.29) is 10.9 Å². The highest BCUT2D eigenvalue weighted by Gasteiger charge is 2.26. The SMILES string of the molecule is CSCC(C)N(C)S(=O)(=O)c1cc(N)ccc1C. The number of thioether (sulfide) groups is 1. The number of nitrogen functional groups attached to an aromatic ring is 1. The Balaban J connectivity index is 3.17. The van der Waals surface area contributed by atoms with Crippen LogP contribution in [-0.2, 0) is 10.0 Å². The van der Waals surface area contributed by atoms with Crippen molar-refractivity contribution in [1.29, 1.82) is 0 Å². The fraction of sp³-hybridized carbons (Fsp3) is 0.500. The lowest BCUT2D eigenvalue weighted by molar-refractivity contribution is 0.415. The van der Waals surface area contributed by atoms with Crippen molar-refractivity contribution in [2.75, 3.05) is 24.8 Å². The molecule has 6 heteroatoms. The molecule has 0 aliphatic carbocycles. The van der Waals surface area contributed by atoms with Gasteiger partial charge in [0.1, 0.15) is 0 Å². The maximum atomic E-state index is 12.5. The number of benzene rings is 1. The van der Waals surface area contributed by atoms with Gasteiger partial charge in [-0.25, -0.2) is 8.42 Å². The lowest BCUT2D eigenvalue weighted by Gasteiger charge is -2.24. The zero-order chi connectivity index (χ0) is 13.9. The van der Waals surface area contributed by atoms with Crippen LogP contribution in [0.4, 0.5) is 5.69 Å². The first-order valence-corrected chi connectivity index (χ1v) is 8.47. The Morgan fingerprint density at radius 1 is 1.44 bits per heavy atom. The van der Waals surface area contributed by atoms with E-state index in [4.69, 9.17) is 5.73 Å². The van der Waals surface area contributed by atoms with Gasteiger partial charge < -0.3 is 5.73 Å². The summed E-state index contributed by atoms with van der Waals surface area (Å²) in [6.45, 7) is 3.68. The average Bonchev–Trinajstić information content (AvgIpc) is 2.31. The molecular weight excluding hydrogens is 268 g/mol. The minimum atomic E-state index is -3.47. The standard InChI is InChI=1S/C12H20N2O2S2/c1-9-5-6-11(13)7-12(9)18(15,16)14(3)10(2)8-17-4/h5-7,10H,8,13H2,1-4H3. The third-order valence-corrected chi connectivity index (χ3v) is 5.83. The number of nitrogens with zero attached hydrogens (tertiary/aromatic N) is 1. The van der Waals surface area contributed by atoms with Crippen LogP contribution >= 0.6 is 11.8 Å². The van der Waals surface area contributed by atoms with Crippen LogP contribution in [0.25, 0.3) is 0 Å². The molecule has 0 aliphatic rings. The van der Waals surface area contributed by atoms with E-state index in [2.05, 4.69) is 0 Å². The van der Waals surface area contributed by atoms with Gasteiger partial charge in [-0.3, -0.25) is 0 Å². The molecule has 102 valence electrons. The Hall–Kier alpha value is -0.720. The highest BCUT2D eigenvalue weighted by molar-refractivity contribution is 7.98. The fourth-order valence-electron chi connectivity index (χ4n) is 1.63. The first kappa shape index (κ1) is 15.3. The zero-order valence-corrected chi connectivity index (χ0v) is 12.8. The van der Waals surface area contributed by atoms with Gasteiger partial charge in [0, 0.05) is 24.5 Å². The van der Waals surface area contributed by atoms with E-state index in [9.17, 15) is 8.42 Å².